The topological polar surface area (TPSA) is 151 Å². The van der Waals surface area contributed by atoms with Crippen molar-refractivity contribution in [1.29, 1.82) is 0 Å². The molecule has 6 rings (SSSR count). The quantitative estimate of drug-likeness (QED) is 0.123. The van der Waals surface area contributed by atoms with Gasteiger partial charge in [-0.3, -0.25) is 14.9 Å². The summed E-state index contributed by atoms with van der Waals surface area (Å²) in [7, 11) is -2.75. The SMILES string of the molecule is CN1CCOC(=O)c2cc(S(=O)(=O)NC(=O)c3ccc(N4CCC5(CCCC5)CC4)cc3)cc([N+](=O)[O-])c2N[C@@H](CSc2ccccc2)CC1. The van der Waals surface area contributed by atoms with E-state index in [1.54, 1.807) is 23.9 Å². The van der Waals surface area contributed by atoms with Crippen LogP contribution in [0.15, 0.2) is 76.5 Å². The van der Waals surface area contributed by atoms with E-state index in [1.807, 2.05) is 59.1 Å². The highest BCUT2D eigenvalue weighted by Crippen LogP contribution is 2.46. The molecule has 266 valence electrons. The summed E-state index contributed by atoms with van der Waals surface area (Å²) in [5.41, 5.74) is 0.529. The van der Waals surface area contributed by atoms with E-state index in [2.05, 4.69) is 10.2 Å². The second kappa shape index (κ2) is 15.4. The average molecular weight is 722 g/mol. The molecule has 0 aromatic heterocycles. The lowest BCUT2D eigenvalue weighted by atomic mass is 9.77. The zero-order valence-corrected chi connectivity index (χ0v) is 29.8. The van der Waals surface area contributed by atoms with Crippen molar-refractivity contribution in [3.63, 3.8) is 0 Å². The maximum Gasteiger partial charge on any atom is 0.340 e. The van der Waals surface area contributed by atoms with E-state index >= 15 is 0 Å². The molecule has 2 fully saturated rings. The number of nitrogens with zero attached hydrogens (tertiary/aromatic N) is 3. The molecule has 1 saturated heterocycles. The van der Waals surface area contributed by atoms with Crippen molar-refractivity contribution in [2.75, 3.05) is 55.8 Å². The Kier molecular flexibility index (Phi) is 11.0. The number of hydrogen-bond donors (Lipinski definition) is 2. The monoisotopic (exact) mass is 721 g/mol. The molecule has 1 saturated carbocycles. The number of likely N-dealkylation sites (N-methyl/N-ethyl adjacent to an activating group) is 1. The molecule has 3 aromatic carbocycles. The largest absolute Gasteiger partial charge is 0.461 e. The van der Waals surface area contributed by atoms with E-state index in [0.717, 1.165) is 48.6 Å². The molecule has 14 heteroatoms. The standard InChI is InChI=1S/C36H43N5O7S2/c1-39-18-13-27(25-49-29-7-3-2-4-8-29)37-33-31(35(43)48-22-21-39)23-30(24-32(33)41(44)45)50(46,47)38-34(42)26-9-11-28(12-10-26)40-19-16-36(17-20-40)14-5-6-15-36/h2-4,7-12,23-24,27,37H,5-6,13-22,25H2,1H3,(H,38,42)/t27-/m1/s1. The average Bonchev–Trinajstić information content (AvgIpc) is 3.56. The molecule has 12 nitrogen and oxygen atoms in total. The molecule has 2 heterocycles. The Morgan fingerprint density at radius 1 is 1.02 bits per heavy atom. The third-order valence-electron chi connectivity index (χ3n) is 10.1. The number of fused-ring (bicyclic) bond motifs is 1. The van der Waals surface area contributed by atoms with Gasteiger partial charge < -0.3 is 19.9 Å². The maximum atomic E-state index is 13.6. The van der Waals surface area contributed by atoms with Gasteiger partial charge in [0.15, 0.2) is 0 Å². The van der Waals surface area contributed by atoms with Gasteiger partial charge >= 0.3 is 5.97 Å². The van der Waals surface area contributed by atoms with Gasteiger partial charge in [-0.2, -0.15) is 0 Å². The van der Waals surface area contributed by atoms with Crippen molar-refractivity contribution in [3.8, 4) is 0 Å². The number of amides is 1. The number of anilines is 2. The van der Waals surface area contributed by atoms with Gasteiger partial charge in [-0.25, -0.2) is 17.9 Å². The Balaban J connectivity index is 1.22. The highest BCUT2D eigenvalue weighted by molar-refractivity contribution is 7.99. The van der Waals surface area contributed by atoms with Gasteiger partial charge in [0.1, 0.15) is 12.3 Å². The third kappa shape index (κ3) is 8.41. The first-order valence-electron chi connectivity index (χ1n) is 17.1. The Labute approximate surface area is 297 Å². The van der Waals surface area contributed by atoms with Crippen LogP contribution in [0.25, 0.3) is 0 Å². The highest BCUT2D eigenvalue weighted by Gasteiger charge is 2.37. The molecule has 0 unspecified atom stereocenters. The van der Waals surface area contributed by atoms with Gasteiger partial charge in [0.05, 0.1) is 15.4 Å². The number of carbonyl (C=O) groups excluding carboxylic acids is 2. The number of cyclic esters (lactones) is 1. The first-order chi connectivity index (χ1) is 24.0. The van der Waals surface area contributed by atoms with Crippen LogP contribution in [0.4, 0.5) is 17.1 Å². The molecule has 2 N–H and O–H groups in total. The Morgan fingerprint density at radius 2 is 1.72 bits per heavy atom. The molecule has 50 heavy (non-hydrogen) atoms. The summed E-state index contributed by atoms with van der Waals surface area (Å²) < 4.78 is 34.6. The van der Waals surface area contributed by atoms with Crippen LogP contribution in [-0.4, -0.2) is 81.7 Å². The predicted octanol–water partition coefficient (Wildman–Crippen LogP) is 5.94. The van der Waals surface area contributed by atoms with Crippen LogP contribution in [0, 0.1) is 15.5 Å². The van der Waals surface area contributed by atoms with E-state index < -0.39 is 37.4 Å². The van der Waals surface area contributed by atoms with Crippen LogP contribution >= 0.6 is 11.8 Å². The summed E-state index contributed by atoms with van der Waals surface area (Å²) in [4.78, 5) is 42.9. The smallest absolute Gasteiger partial charge is 0.340 e. The van der Waals surface area contributed by atoms with Gasteiger partial charge in [0, 0.05) is 53.6 Å². The van der Waals surface area contributed by atoms with Crippen LogP contribution in [0.5, 0.6) is 0 Å². The first kappa shape index (κ1) is 35.7. The summed E-state index contributed by atoms with van der Waals surface area (Å²) in [6.45, 7) is 2.95. The van der Waals surface area contributed by atoms with Crippen molar-refractivity contribution in [2.24, 2.45) is 5.41 Å². The first-order valence-corrected chi connectivity index (χ1v) is 19.5. The third-order valence-corrected chi connectivity index (χ3v) is 12.6. The summed E-state index contributed by atoms with van der Waals surface area (Å²) in [5, 5.41) is 15.6. The molecular formula is C36H43N5O7S2. The molecule has 0 bridgehead atoms. The van der Waals surface area contributed by atoms with Crippen LogP contribution in [-0.2, 0) is 14.8 Å². The van der Waals surface area contributed by atoms with Crippen molar-refractivity contribution < 1.29 is 27.7 Å². The van der Waals surface area contributed by atoms with E-state index in [1.165, 1.54) is 25.7 Å². The lowest BCUT2D eigenvalue weighted by molar-refractivity contribution is -0.384. The van der Waals surface area contributed by atoms with E-state index in [-0.39, 0.29) is 29.5 Å². The lowest BCUT2D eigenvalue weighted by Crippen LogP contribution is -2.38. The van der Waals surface area contributed by atoms with Crippen molar-refractivity contribution >= 4 is 50.7 Å². The summed E-state index contributed by atoms with van der Waals surface area (Å²) in [6.07, 6.45) is 8.09. The summed E-state index contributed by atoms with van der Waals surface area (Å²) in [5.74, 6) is -1.27. The fourth-order valence-electron chi connectivity index (χ4n) is 7.12. The Bertz CT molecular complexity index is 1810. The molecule has 0 radical (unpaired) electrons. The number of thioether (sulfide) groups is 1. The minimum Gasteiger partial charge on any atom is -0.461 e. The number of piperidine rings is 1. The number of hydrogen-bond acceptors (Lipinski definition) is 11. The van der Waals surface area contributed by atoms with Gasteiger partial charge in [-0.15, -0.1) is 11.8 Å². The number of nitro groups is 1. The van der Waals surface area contributed by atoms with Gasteiger partial charge in [-0.05, 0) is 93.6 Å². The van der Waals surface area contributed by atoms with Gasteiger partial charge in [-0.1, -0.05) is 31.0 Å². The maximum absolute atomic E-state index is 13.6. The summed E-state index contributed by atoms with van der Waals surface area (Å²) in [6, 6.07) is 18.1. The minimum absolute atomic E-state index is 0.00795. The van der Waals surface area contributed by atoms with Gasteiger partial charge in [0.25, 0.3) is 21.6 Å². The molecule has 1 atom stereocenters. The van der Waals surface area contributed by atoms with Gasteiger partial charge in [0.2, 0.25) is 0 Å². The number of nitrogens with one attached hydrogen (secondary N) is 2. The predicted molar refractivity (Wildman–Crippen MR) is 194 cm³/mol. The molecule has 3 aromatic rings. The number of carbonyl (C=O) groups is 2. The zero-order chi connectivity index (χ0) is 35.3. The van der Waals surface area contributed by atoms with Crippen LogP contribution in [0.2, 0.25) is 0 Å². The number of esters is 1. The molecule has 1 aliphatic carbocycles. The minimum atomic E-state index is -4.64. The fourth-order valence-corrected chi connectivity index (χ4v) is 9.13. The molecular weight excluding hydrogens is 679 g/mol. The fraction of sp³-hybridized carbons (Fsp3) is 0.444. The molecule has 2 aliphatic heterocycles. The van der Waals surface area contributed by atoms with Crippen LogP contribution in [0.3, 0.4) is 0 Å². The van der Waals surface area contributed by atoms with Crippen LogP contribution < -0.4 is 14.9 Å². The Morgan fingerprint density at radius 3 is 2.40 bits per heavy atom. The molecule has 1 amide bonds. The number of ether oxygens (including phenoxy) is 1. The number of benzene rings is 3. The van der Waals surface area contributed by atoms with Crippen LogP contribution in [0.1, 0.15) is 65.7 Å². The summed E-state index contributed by atoms with van der Waals surface area (Å²) >= 11 is 1.56. The number of rotatable bonds is 8. The van der Waals surface area contributed by atoms with E-state index in [9.17, 15) is 28.1 Å². The number of sulfonamides is 1. The van der Waals surface area contributed by atoms with Crippen molar-refractivity contribution in [2.45, 2.75) is 60.8 Å². The molecule has 1 spiro atoms. The normalized spacial score (nSPS) is 19.9. The van der Waals surface area contributed by atoms with Crippen molar-refractivity contribution in [1.82, 2.24) is 9.62 Å². The van der Waals surface area contributed by atoms with E-state index in [4.69, 9.17) is 4.74 Å². The number of nitro benzene ring substituents is 1. The second-order valence-electron chi connectivity index (χ2n) is 13.5. The Hall–Kier alpha value is -4.14. The zero-order valence-electron chi connectivity index (χ0n) is 28.1. The molecule has 3 aliphatic rings. The highest BCUT2D eigenvalue weighted by atomic mass is 32.2. The van der Waals surface area contributed by atoms with Crippen molar-refractivity contribution in [3.05, 3.63) is 88.0 Å². The lowest BCUT2D eigenvalue weighted by Gasteiger charge is -2.40. The second-order valence-corrected chi connectivity index (χ2v) is 16.3. The van der Waals surface area contributed by atoms with E-state index in [0.29, 0.717) is 30.7 Å².